The van der Waals surface area contributed by atoms with Crippen molar-refractivity contribution in [3.05, 3.63) is 35.0 Å². The molecular weight excluding hydrogens is 294 g/mol. The van der Waals surface area contributed by atoms with Gasteiger partial charge in [0.05, 0.1) is 11.3 Å². The molecule has 2 N–H and O–H groups in total. The van der Waals surface area contributed by atoms with Crippen molar-refractivity contribution in [2.45, 2.75) is 12.8 Å². The van der Waals surface area contributed by atoms with E-state index in [0.717, 1.165) is 25.9 Å². The van der Waals surface area contributed by atoms with Gasteiger partial charge in [-0.05, 0) is 31.0 Å². The van der Waals surface area contributed by atoms with Crippen molar-refractivity contribution in [2.75, 3.05) is 23.3 Å². The van der Waals surface area contributed by atoms with E-state index >= 15 is 0 Å². The number of hydrogen-bond donors (Lipinski definition) is 2. The first-order chi connectivity index (χ1) is 11.1. The minimum atomic E-state index is -1.07. The molecule has 1 fully saturated rings. The summed E-state index contributed by atoms with van der Waals surface area (Å²) in [5, 5.41) is 38.7. The second-order valence-electron chi connectivity index (χ2n) is 4.94. The van der Waals surface area contributed by atoms with Gasteiger partial charge in [0.25, 0.3) is 0 Å². The fourth-order valence-corrected chi connectivity index (χ4v) is 2.45. The van der Waals surface area contributed by atoms with Crippen LogP contribution in [0.15, 0.2) is 29.5 Å². The summed E-state index contributed by atoms with van der Waals surface area (Å²) < 4.78 is 0. The predicted molar refractivity (Wildman–Crippen MR) is 82.3 cm³/mol. The largest absolute Gasteiger partial charge is 0.478 e. The summed E-state index contributed by atoms with van der Waals surface area (Å²) in [6, 6.07) is 9.69. The third kappa shape index (κ3) is 3.40. The average Bonchev–Trinajstić information content (AvgIpc) is 3.09. The number of allylic oxidation sites excluding steroid dienone is 2. The van der Waals surface area contributed by atoms with Crippen molar-refractivity contribution in [1.82, 2.24) is 0 Å². The van der Waals surface area contributed by atoms with Crippen molar-refractivity contribution in [2.24, 2.45) is 0 Å². The molecule has 7 nitrogen and oxygen atoms in total. The summed E-state index contributed by atoms with van der Waals surface area (Å²) in [6.07, 6.45) is 2.04. The van der Waals surface area contributed by atoms with Gasteiger partial charge in [-0.3, -0.25) is 0 Å². The quantitative estimate of drug-likeness (QED) is 0.817. The van der Waals surface area contributed by atoms with Crippen LogP contribution in [0.4, 0.5) is 11.4 Å². The first-order valence-electron chi connectivity index (χ1n) is 6.94. The molecule has 1 aliphatic rings. The van der Waals surface area contributed by atoms with Gasteiger partial charge < -0.3 is 15.3 Å². The molecule has 0 atom stereocenters. The number of rotatable bonds is 4. The van der Waals surface area contributed by atoms with Gasteiger partial charge in [0.15, 0.2) is 5.57 Å². The summed E-state index contributed by atoms with van der Waals surface area (Å²) in [6.45, 7) is 1.62. The van der Waals surface area contributed by atoms with E-state index in [1.165, 1.54) is 6.07 Å². The predicted octanol–water partition coefficient (Wildman–Crippen LogP) is 2.22. The van der Waals surface area contributed by atoms with Crippen molar-refractivity contribution >= 4 is 17.3 Å². The Morgan fingerprint density at radius 1 is 1.13 bits per heavy atom. The monoisotopic (exact) mass is 307 g/mol. The van der Waals surface area contributed by atoms with E-state index in [-0.39, 0.29) is 16.8 Å². The van der Waals surface area contributed by atoms with Crippen LogP contribution < -0.4 is 10.2 Å². The number of benzene rings is 1. The first-order valence-corrected chi connectivity index (χ1v) is 6.94. The van der Waals surface area contributed by atoms with Crippen LogP contribution in [0.5, 0.6) is 0 Å². The van der Waals surface area contributed by atoms with Crippen molar-refractivity contribution in [3.63, 3.8) is 0 Å². The molecule has 0 radical (unpaired) electrons. The smallest absolute Gasteiger partial charge is 0.337 e. The minimum absolute atomic E-state index is 0.115. The lowest BCUT2D eigenvalue weighted by Gasteiger charge is -2.20. The Kier molecular flexibility index (Phi) is 4.82. The Balaban J connectivity index is 2.39. The fraction of sp³-hybridized carbons (Fsp3) is 0.250. The number of carboxylic acids is 1. The third-order valence-electron chi connectivity index (χ3n) is 3.53. The molecule has 114 valence electrons. The number of carbonyl (C=O) groups is 1. The van der Waals surface area contributed by atoms with Crippen LogP contribution in [0, 0.1) is 34.0 Å². The topological polar surface area (TPSA) is 124 Å². The van der Waals surface area contributed by atoms with Crippen LogP contribution in [0.25, 0.3) is 0 Å². The molecule has 1 heterocycles. The highest BCUT2D eigenvalue weighted by Crippen LogP contribution is 2.28. The number of anilines is 2. The van der Waals surface area contributed by atoms with Gasteiger partial charge >= 0.3 is 5.97 Å². The number of hydrogen-bond acceptors (Lipinski definition) is 6. The van der Waals surface area contributed by atoms with E-state index < -0.39 is 5.97 Å². The molecule has 1 aromatic rings. The highest BCUT2D eigenvalue weighted by molar-refractivity contribution is 5.96. The van der Waals surface area contributed by atoms with Crippen LogP contribution >= 0.6 is 0 Å². The normalized spacial score (nSPS) is 12.7. The summed E-state index contributed by atoms with van der Waals surface area (Å²) >= 11 is 0. The lowest BCUT2D eigenvalue weighted by Crippen LogP contribution is -2.20. The standard InChI is InChI=1S/C16H13N5O2/c17-8-11(9-18)14(10-19)20-12-3-4-15(13(7-12)16(22)23)21-5-1-2-6-21/h3-4,7,20H,1-2,5-6H2,(H,22,23). The van der Waals surface area contributed by atoms with Gasteiger partial charge in [-0.2, -0.15) is 15.8 Å². The SMILES string of the molecule is N#CC(C#N)=C(C#N)Nc1ccc(N2CCCC2)c(C(=O)O)c1. The van der Waals surface area contributed by atoms with Crippen molar-refractivity contribution in [3.8, 4) is 18.2 Å². The highest BCUT2D eigenvalue weighted by Gasteiger charge is 2.20. The fourth-order valence-electron chi connectivity index (χ4n) is 2.45. The van der Waals surface area contributed by atoms with Gasteiger partial charge in [-0.15, -0.1) is 0 Å². The van der Waals surface area contributed by atoms with E-state index in [1.54, 1.807) is 30.3 Å². The van der Waals surface area contributed by atoms with Crippen LogP contribution in [0.3, 0.4) is 0 Å². The summed E-state index contributed by atoms with van der Waals surface area (Å²) in [7, 11) is 0. The molecule has 1 saturated heterocycles. The maximum absolute atomic E-state index is 11.5. The number of aromatic carboxylic acids is 1. The molecular formula is C16H13N5O2. The molecule has 0 unspecified atom stereocenters. The summed E-state index contributed by atoms with van der Waals surface area (Å²) in [5.41, 5.74) is 0.520. The lowest BCUT2D eigenvalue weighted by molar-refractivity contribution is 0.0697. The molecule has 2 rings (SSSR count). The zero-order chi connectivity index (χ0) is 16.8. The van der Waals surface area contributed by atoms with E-state index in [9.17, 15) is 9.90 Å². The Hall–Kier alpha value is -3.50. The van der Waals surface area contributed by atoms with Gasteiger partial charge in [0.1, 0.15) is 23.9 Å². The number of carboxylic acid groups (broad SMARTS) is 1. The Bertz CT molecular complexity index is 770. The zero-order valence-electron chi connectivity index (χ0n) is 12.2. The third-order valence-corrected chi connectivity index (χ3v) is 3.53. The average molecular weight is 307 g/mol. The van der Waals surface area contributed by atoms with Crippen LogP contribution in [0.2, 0.25) is 0 Å². The first kappa shape index (κ1) is 15.9. The van der Waals surface area contributed by atoms with Crippen LogP contribution in [0.1, 0.15) is 23.2 Å². The maximum Gasteiger partial charge on any atom is 0.337 e. The minimum Gasteiger partial charge on any atom is -0.478 e. The molecule has 0 bridgehead atoms. The van der Waals surface area contributed by atoms with Gasteiger partial charge in [0.2, 0.25) is 0 Å². The molecule has 1 aliphatic heterocycles. The second kappa shape index (κ2) is 6.98. The Morgan fingerprint density at radius 2 is 1.78 bits per heavy atom. The van der Waals surface area contributed by atoms with Crippen molar-refractivity contribution < 1.29 is 9.90 Å². The molecule has 0 aromatic heterocycles. The zero-order valence-corrected chi connectivity index (χ0v) is 12.2. The lowest BCUT2D eigenvalue weighted by atomic mass is 10.1. The van der Waals surface area contributed by atoms with E-state index in [0.29, 0.717) is 11.4 Å². The summed E-state index contributed by atoms with van der Waals surface area (Å²) in [5.74, 6) is -1.07. The van der Waals surface area contributed by atoms with E-state index in [4.69, 9.17) is 15.8 Å². The molecule has 1 aromatic carbocycles. The number of nitrogens with zero attached hydrogens (tertiary/aromatic N) is 4. The van der Waals surface area contributed by atoms with Gasteiger partial charge in [0, 0.05) is 18.8 Å². The molecule has 0 amide bonds. The molecule has 0 aliphatic carbocycles. The van der Waals surface area contributed by atoms with Gasteiger partial charge in [-0.25, -0.2) is 4.79 Å². The van der Waals surface area contributed by atoms with Gasteiger partial charge in [-0.1, -0.05) is 0 Å². The molecule has 7 heteroatoms. The molecule has 0 spiro atoms. The van der Waals surface area contributed by atoms with E-state index in [2.05, 4.69) is 5.32 Å². The van der Waals surface area contributed by atoms with Crippen LogP contribution in [-0.2, 0) is 0 Å². The number of nitriles is 3. The summed E-state index contributed by atoms with van der Waals surface area (Å²) in [4.78, 5) is 13.5. The molecule has 0 saturated carbocycles. The maximum atomic E-state index is 11.5. The Morgan fingerprint density at radius 3 is 2.30 bits per heavy atom. The molecule has 23 heavy (non-hydrogen) atoms. The second-order valence-corrected chi connectivity index (χ2v) is 4.94. The number of nitrogens with one attached hydrogen (secondary N) is 1. The highest BCUT2D eigenvalue weighted by atomic mass is 16.4. The van der Waals surface area contributed by atoms with Crippen molar-refractivity contribution in [1.29, 1.82) is 15.8 Å². The van der Waals surface area contributed by atoms with E-state index in [1.807, 2.05) is 4.90 Å². The Labute approximate surface area is 133 Å². The van der Waals surface area contributed by atoms with Crippen LogP contribution in [-0.4, -0.2) is 24.2 Å².